The largest absolute Gasteiger partial charge is 0.467 e. The van der Waals surface area contributed by atoms with Crippen LogP contribution >= 0.6 is 0 Å². The Morgan fingerprint density at radius 3 is 2.45 bits per heavy atom. The number of nitrogens with zero attached hydrogens (tertiary/aromatic N) is 2. The van der Waals surface area contributed by atoms with Crippen molar-refractivity contribution in [1.82, 2.24) is 4.90 Å². The zero-order valence-electron chi connectivity index (χ0n) is 19.6. The molecular formula is C28H33N3O2. The molecule has 5 heteroatoms. The summed E-state index contributed by atoms with van der Waals surface area (Å²) < 4.78 is 5.40. The van der Waals surface area contributed by atoms with Crippen LogP contribution in [-0.4, -0.2) is 37.0 Å². The summed E-state index contributed by atoms with van der Waals surface area (Å²) in [4.78, 5) is 16.8. The van der Waals surface area contributed by atoms with Crippen LogP contribution in [0.5, 0.6) is 0 Å². The molecule has 5 nitrogen and oxygen atoms in total. The summed E-state index contributed by atoms with van der Waals surface area (Å²) in [7, 11) is 0. The van der Waals surface area contributed by atoms with Gasteiger partial charge in [-0.15, -0.1) is 0 Å². The van der Waals surface area contributed by atoms with Crippen molar-refractivity contribution in [2.75, 3.05) is 36.4 Å². The molecule has 0 unspecified atom stereocenters. The Morgan fingerprint density at radius 2 is 1.79 bits per heavy atom. The lowest BCUT2D eigenvalue weighted by Gasteiger charge is -2.31. The van der Waals surface area contributed by atoms with Gasteiger partial charge >= 0.3 is 0 Å². The van der Waals surface area contributed by atoms with Crippen molar-refractivity contribution < 1.29 is 9.21 Å². The molecule has 0 radical (unpaired) electrons. The summed E-state index contributed by atoms with van der Waals surface area (Å²) >= 11 is 0. The van der Waals surface area contributed by atoms with Gasteiger partial charge < -0.3 is 19.5 Å². The SMILES string of the molecule is CCN(CC)C(=O)c1ccc(C=C2CCN(c3cccc(NCc4ccco4)c3)CC2)cc1. The summed E-state index contributed by atoms with van der Waals surface area (Å²) in [5, 5.41) is 3.44. The van der Waals surface area contributed by atoms with Crippen LogP contribution in [0.15, 0.2) is 76.9 Å². The van der Waals surface area contributed by atoms with E-state index < -0.39 is 0 Å². The molecule has 1 aromatic heterocycles. The Labute approximate surface area is 196 Å². The Morgan fingerprint density at radius 1 is 1.03 bits per heavy atom. The van der Waals surface area contributed by atoms with Crippen LogP contribution in [-0.2, 0) is 6.54 Å². The highest BCUT2D eigenvalue weighted by molar-refractivity contribution is 5.94. The van der Waals surface area contributed by atoms with Crippen LogP contribution in [0.3, 0.4) is 0 Å². The van der Waals surface area contributed by atoms with E-state index >= 15 is 0 Å². The fourth-order valence-electron chi connectivity index (χ4n) is 4.26. The van der Waals surface area contributed by atoms with Crippen molar-refractivity contribution in [2.45, 2.75) is 33.2 Å². The van der Waals surface area contributed by atoms with Crippen molar-refractivity contribution >= 4 is 23.4 Å². The van der Waals surface area contributed by atoms with Gasteiger partial charge in [-0.1, -0.05) is 29.8 Å². The monoisotopic (exact) mass is 443 g/mol. The molecule has 1 amide bonds. The number of rotatable bonds is 8. The topological polar surface area (TPSA) is 48.7 Å². The summed E-state index contributed by atoms with van der Waals surface area (Å²) in [5.74, 6) is 1.03. The summed E-state index contributed by atoms with van der Waals surface area (Å²) in [5.41, 5.74) is 5.73. The van der Waals surface area contributed by atoms with E-state index in [0.717, 1.165) is 56.0 Å². The molecule has 1 fully saturated rings. The van der Waals surface area contributed by atoms with Gasteiger partial charge in [0.15, 0.2) is 0 Å². The van der Waals surface area contributed by atoms with Gasteiger partial charge in [-0.3, -0.25) is 4.79 Å². The molecule has 3 aromatic rings. The van der Waals surface area contributed by atoms with Gasteiger partial charge in [0.2, 0.25) is 0 Å². The van der Waals surface area contributed by atoms with Crippen molar-refractivity contribution in [2.24, 2.45) is 0 Å². The maximum Gasteiger partial charge on any atom is 0.253 e. The number of nitrogens with one attached hydrogen (secondary N) is 1. The molecule has 0 aliphatic carbocycles. The fourth-order valence-corrected chi connectivity index (χ4v) is 4.26. The van der Waals surface area contributed by atoms with Gasteiger partial charge in [-0.25, -0.2) is 0 Å². The first-order valence-electron chi connectivity index (χ1n) is 11.9. The van der Waals surface area contributed by atoms with Gasteiger partial charge in [0.1, 0.15) is 5.76 Å². The number of carbonyl (C=O) groups is 1. The quantitative estimate of drug-likeness (QED) is 0.460. The van der Waals surface area contributed by atoms with Crippen LogP contribution < -0.4 is 10.2 Å². The number of hydrogen-bond acceptors (Lipinski definition) is 4. The van der Waals surface area contributed by atoms with Gasteiger partial charge in [0, 0.05) is 43.1 Å². The van der Waals surface area contributed by atoms with Gasteiger partial charge in [-0.05, 0) is 74.7 Å². The zero-order valence-corrected chi connectivity index (χ0v) is 19.6. The zero-order chi connectivity index (χ0) is 23.0. The van der Waals surface area contributed by atoms with Crippen LogP contribution in [0.4, 0.5) is 11.4 Å². The third-order valence-corrected chi connectivity index (χ3v) is 6.24. The third kappa shape index (κ3) is 5.86. The van der Waals surface area contributed by atoms with E-state index in [0.29, 0.717) is 6.54 Å². The number of hydrogen-bond donors (Lipinski definition) is 1. The molecule has 0 bridgehead atoms. The average Bonchev–Trinajstić information content (AvgIpc) is 3.38. The van der Waals surface area contributed by atoms with E-state index in [9.17, 15) is 4.79 Å². The molecule has 2 heterocycles. The summed E-state index contributed by atoms with van der Waals surface area (Å²) in [6.45, 7) is 8.20. The number of furan rings is 1. The van der Waals surface area contributed by atoms with Crippen molar-refractivity contribution in [3.05, 3.63) is 89.4 Å². The molecule has 172 valence electrons. The molecule has 1 saturated heterocycles. The maximum absolute atomic E-state index is 12.5. The molecule has 2 aromatic carbocycles. The fraction of sp³-hybridized carbons (Fsp3) is 0.321. The van der Waals surface area contributed by atoms with Gasteiger partial charge in [0.05, 0.1) is 12.8 Å². The summed E-state index contributed by atoms with van der Waals surface area (Å²) in [6, 6.07) is 20.5. The predicted octanol–water partition coefficient (Wildman–Crippen LogP) is 6.06. The Bertz CT molecular complexity index is 1060. The van der Waals surface area contributed by atoms with Crippen molar-refractivity contribution in [1.29, 1.82) is 0 Å². The molecule has 1 N–H and O–H groups in total. The second-order valence-electron chi connectivity index (χ2n) is 8.37. The smallest absolute Gasteiger partial charge is 0.253 e. The first-order valence-corrected chi connectivity index (χ1v) is 11.9. The Balaban J connectivity index is 1.33. The molecule has 33 heavy (non-hydrogen) atoms. The molecule has 0 spiro atoms. The molecular weight excluding hydrogens is 410 g/mol. The number of benzene rings is 2. The summed E-state index contributed by atoms with van der Waals surface area (Å²) in [6.07, 6.45) is 6.07. The van der Waals surface area contributed by atoms with E-state index in [2.05, 4.69) is 52.7 Å². The minimum Gasteiger partial charge on any atom is -0.467 e. The normalized spacial score (nSPS) is 13.6. The highest BCUT2D eigenvalue weighted by Gasteiger charge is 2.15. The molecule has 1 aliphatic rings. The van der Waals surface area contributed by atoms with Crippen LogP contribution in [0.25, 0.3) is 6.08 Å². The number of amides is 1. The number of piperidine rings is 1. The number of carbonyl (C=O) groups excluding carboxylic acids is 1. The van der Waals surface area contributed by atoms with E-state index in [1.54, 1.807) is 6.26 Å². The highest BCUT2D eigenvalue weighted by atomic mass is 16.3. The van der Waals surface area contributed by atoms with E-state index in [-0.39, 0.29) is 5.91 Å². The molecule has 0 saturated carbocycles. The van der Waals surface area contributed by atoms with Crippen molar-refractivity contribution in [3.63, 3.8) is 0 Å². The standard InChI is InChI=1S/C28H33N3O2/c1-3-30(4-2)28(32)24-12-10-22(11-13-24)19-23-14-16-31(17-15-23)26-8-5-7-25(20-26)29-21-27-9-6-18-33-27/h5-13,18-20,29H,3-4,14-17,21H2,1-2H3. The molecule has 0 atom stereocenters. The predicted molar refractivity (Wildman–Crippen MR) is 136 cm³/mol. The van der Waals surface area contributed by atoms with E-state index in [4.69, 9.17) is 4.42 Å². The molecule has 1 aliphatic heterocycles. The highest BCUT2D eigenvalue weighted by Crippen LogP contribution is 2.26. The Hall–Kier alpha value is -3.47. The minimum absolute atomic E-state index is 0.105. The van der Waals surface area contributed by atoms with Crippen molar-refractivity contribution in [3.8, 4) is 0 Å². The lowest BCUT2D eigenvalue weighted by Crippen LogP contribution is -2.30. The lowest BCUT2D eigenvalue weighted by atomic mass is 9.99. The third-order valence-electron chi connectivity index (χ3n) is 6.24. The number of anilines is 2. The molecule has 4 rings (SSSR count). The van der Waals surface area contributed by atoms with Crippen LogP contribution in [0, 0.1) is 0 Å². The minimum atomic E-state index is 0.105. The van der Waals surface area contributed by atoms with Gasteiger partial charge in [-0.2, -0.15) is 0 Å². The maximum atomic E-state index is 12.5. The van der Waals surface area contributed by atoms with E-state index in [1.165, 1.54) is 16.8 Å². The van der Waals surface area contributed by atoms with E-state index in [1.807, 2.05) is 43.0 Å². The first kappa shape index (κ1) is 22.7. The van der Waals surface area contributed by atoms with Crippen LogP contribution in [0.2, 0.25) is 0 Å². The first-order chi connectivity index (χ1) is 16.2. The lowest BCUT2D eigenvalue weighted by molar-refractivity contribution is 0.0773. The second kappa shape index (κ2) is 10.9. The van der Waals surface area contributed by atoms with Crippen LogP contribution in [0.1, 0.15) is 48.4 Å². The average molecular weight is 444 g/mol. The second-order valence-corrected chi connectivity index (χ2v) is 8.37. The van der Waals surface area contributed by atoms with Gasteiger partial charge in [0.25, 0.3) is 5.91 Å². The Kier molecular flexibility index (Phi) is 7.51.